The van der Waals surface area contributed by atoms with Crippen molar-refractivity contribution in [1.82, 2.24) is 0 Å². The molecule has 0 aliphatic carbocycles. The molecule has 2 aromatic carbocycles. The Hall–Kier alpha value is -2.49. The number of carboxylic acid groups (broad SMARTS) is 1. The van der Waals surface area contributed by atoms with Gasteiger partial charge in [0.2, 0.25) is 0 Å². The zero-order chi connectivity index (χ0) is 14.5. The van der Waals surface area contributed by atoms with Crippen LogP contribution in [0.25, 0.3) is 0 Å². The van der Waals surface area contributed by atoms with E-state index in [-0.39, 0.29) is 6.42 Å². The number of nitrogen functional groups attached to an aromatic ring is 1. The highest BCUT2D eigenvalue weighted by Gasteiger charge is 2.10. The highest BCUT2D eigenvalue weighted by Crippen LogP contribution is 2.23. The molecule has 0 radical (unpaired) electrons. The zero-order valence-corrected chi connectivity index (χ0v) is 11.4. The maximum absolute atomic E-state index is 10.9. The Balaban J connectivity index is 2.22. The molecular formula is C16H18N2O2. The summed E-state index contributed by atoms with van der Waals surface area (Å²) < 4.78 is 0. The third-order valence-corrected chi connectivity index (χ3v) is 3.22. The molecule has 0 saturated carbocycles. The monoisotopic (exact) mass is 270 g/mol. The van der Waals surface area contributed by atoms with Crippen molar-refractivity contribution in [2.75, 3.05) is 17.7 Å². The van der Waals surface area contributed by atoms with Crippen molar-refractivity contribution in [3.8, 4) is 0 Å². The molecule has 0 spiro atoms. The smallest absolute Gasteiger partial charge is 0.307 e. The molecule has 0 heterocycles. The van der Waals surface area contributed by atoms with Crippen molar-refractivity contribution in [2.45, 2.75) is 13.0 Å². The molecule has 4 heteroatoms. The summed E-state index contributed by atoms with van der Waals surface area (Å²) in [5, 5.41) is 8.95. The van der Waals surface area contributed by atoms with Gasteiger partial charge in [-0.3, -0.25) is 4.79 Å². The molecule has 104 valence electrons. The van der Waals surface area contributed by atoms with Gasteiger partial charge in [-0.2, -0.15) is 0 Å². The van der Waals surface area contributed by atoms with Crippen LogP contribution in [0, 0.1) is 0 Å². The van der Waals surface area contributed by atoms with Crippen LogP contribution in [0.15, 0.2) is 48.5 Å². The molecule has 0 amide bonds. The van der Waals surface area contributed by atoms with E-state index in [0.29, 0.717) is 12.2 Å². The van der Waals surface area contributed by atoms with E-state index in [1.54, 1.807) is 0 Å². The van der Waals surface area contributed by atoms with E-state index in [9.17, 15) is 4.79 Å². The van der Waals surface area contributed by atoms with Crippen LogP contribution in [0.3, 0.4) is 0 Å². The van der Waals surface area contributed by atoms with Crippen molar-refractivity contribution >= 4 is 17.3 Å². The number of hydrogen-bond acceptors (Lipinski definition) is 3. The number of benzene rings is 2. The fraction of sp³-hybridized carbons (Fsp3) is 0.188. The molecule has 0 saturated heterocycles. The van der Waals surface area contributed by atoms with Gasteiger partial charge in [0.15, 0.2) is 0 Å². The van der Waals surface area contributed by atoms with Crippen LogP contribution >= 0.6 is 0 Å². The van der Waals surface area contributed by atoms with Gasteiger partial charge in [-0.25, -0.2) is 0 Å². The fourth-order valence-electron chi connectivity index (χ4n) is 2.22. The molecule has 0 bridgehead atoms. The lowest BCUT2D eigenvalue weighted by Gasteiger charge is -2.22. The van der Waals surface area contributed by atoms with E-state index >= 15 is 0 Å². The van der Waals surface area contributed by atoms with Crippen molar-refractivity contribution in [3.05, 3.63) is 59.7 Å². The van der Waals surface area contributed by atoms with Crippen LogP contribution in [0.5, 0.6) is 0 Å². The lowest BCUT2D eigenvalue weighted by molar-refractivity contribution is -0.136. The largest absolute Gasteiger partial charge is 0.481 e. The van der Waals surface area contributed by atoms with E-state index < -0.39 is 5.97 Å². The summed E-state index contributed by atoms with van der Waals surface area (Å²) >= 11 is 0. The Bertz CT molecular complexity index is 611. The van der Waals surface area contributed by atoms with Crippen LogP contribution in [-0.2, 0) is 17.8 Å². The zero-order valence-electron chi connectivity index (χ0n) is 11.4. The van der Waals surface area contributed by atoms with Crippen molar-refractivity contribution in [3.63, 3.8) is 0 Å². The first-order chi connectivity index (χ1) is 9.58. The average Bonchev–Trinajstić information content (AvgIpc) is 2.41. The number of rotatable bonds is 5. The quantitative estimate of drug-likeness (QED) is 0.819. The predicted molar refractivity (Wildman–Crippen MR) is 80.7 cm³/mol. The Morgan fingerprint density at radius 3 is 2.35 bits per heavy atom. The molecule has 0 atom stereocenters. The molecule has 0 fully saturated rings. The Morgan fingerprint density at radius 2 is 1.70 bits per heavy atom. The summed E-state index contributed by atoms with van der Waals surface area (Å²) in [6, 6.07) is 15.2. The van der Waals surface area contributed by atoms with Crippen LogP contribution in [0.2, 0.25) is 0 Å². The van der Waals surface area contributed by atoms with Gasteiger partial charge in [-0.05, 0) is 23.3 Å². The van der Waals surface area contributed by atoms with Gasteiger partial charge >= 0.3 is 5.97 Å². The second-order valence-electron chi connectivity index (χ2n) is 4.75. The standard InChI is InChI=1S/C16H18N2O2/c1-18(15-9-5-4-8-14(15)17)11-13-7-3-2-6-12(13)10-16(19)20/h2-9H,10-11,17H2,1H3,(H,19,20). The number of nitrogens with zero attached hydrogens (tertiary/aromatic N) is 1. The van der Waals surface area contributed by atoms with E-state index in [2.05, 4.69) is 0 Å². The number of nitrogens with two attached hydrogens (primary N) is 1. The van der Waals surface area contributed by atoms with E-state index in [1.807, 2.05) is 60.5 Å². The summed E-state index contributed by atoms with van der Waals surface area (Å²) in [6.45, 7) is 0.623. The van der Waals surface area contributed by atoms with Gasteiger partial charge in [0, 0.05) is 13.6 Å². The SMILES string of the molecule is CN(Cc1ccccc1CC(=O)O)c1ccccc1N. The lowest BCUT2D eigenvalue weighted by atomic mass is 10.0. The molecule has 0 aliphatic heterocycles. The number of hydrogen-bond donors (Lipinski definition) is 2. The first-order valence-electron chi connectivity index (χ1n) is 6.42. The number of carbonyl (C=O) groups is 1. The van der Waals surface area contributed by atoms with Crippen LogP contribution < -0.4 is 10.6 Å². The molecule has 4 nitrogen and oxygen atoms in total. The number of aliphatic carboxylic acids is 1. The first kappa shape index (κ1) is 13.9. The van der Waals surface area contributed by atoms with Crippen LogP contribution in [-0.4, -0.2) is 18.1 Å². The first-order valence-corrected chi connectivity index (χ1v) is 6.42. The summed E-state index contributed by atoms with van der Waals surface area (Å²) in [6.07, 6.45) is 0.0360. The third-order valence-electron chi connectivity index (χ3n) is 3.22. The maximum atomic E-state index is 10.9. The van der Waals surface area contributed by atoms with E-state index in [0.717, 1.165) is 16.8 Å². The van der Waals surface area contributed by atoms with Gasteiger partial charge in [-0.15, -0.1) is 0 Å². The van der Waals surface area contributed by atoms with Gasteiger partial charge in [-0.1, -0.05) is 36.4 Å². The molecule has 0 aliphatic rings. The molecule has 0 unspecified atom stereocenters. The van der Waals surface area contributed by atoms with Crippen molar-refractivity contribution in [1.29, 1.82) is 0 Å². The fourth-order valence-corrected chi connectivity index (χ4v) is 2.22. The molecule has 0 aromatic heterocycles. The molecule has 2 aromatic rings. The van der Waals surface area contributed by atoms with Gasteiger partial charge in [0.25, 0.3) is 0 Å². The summed E-state index contributed by atoms with van der Waals surface area (Å²) in [5.41, 5.74) is 9.45. The maximum Gasteiger partial charge on any atom is 0.307 e. The number of carboxylic acids is 1. The van der Waals surface area contributed by atoms with E-state index in [1.165, 1.54) is 0 Å². The Morgan fingerprint density at radius 1 is 1.10 bits per heavy atom. The summed E-state index contributed by atoms with van der Waals surface area (Å²) in [4.78, 5) is 12.9. The van der Waals surface area contributed by atoms with E-state index in [4.69, 9.17) is 10.8 Å². The second-order valence-corrected chi connectivity index (χ2v) is 4.75. The Labute approximate surface area is 118 Å². The minimum absolute atomic E-state index is 0.0360. The van der Waals surface area contributed by atoms with Crippen molar-refractivity contribution in [2.24, 2.45) is 0 Å². The lowest BCUT2D eigenvalue weighted by Crippen LogP contribution is -2.19. The summed E-state index contributed by atoms with van der Waals surface area (Å²) in [5.74, 6) is -0.820. The minimum Gasteiger partial charge on any atom is -0.481 e. The highest BCUT2D eigenvalue weighted by molar-refractivity contribution is 5.71. The topological polar surface area (TPSA) is 66.6 Å². The van der Waals surface area contributed by atoms with Gasteiger partial charge in [0.1, 0.15) is 0 Å². The van der Waals surface area contributed by atoms with Gasteiger partial charge in [0.05, 0.1) is 17.8 Å². The van der Waals surface area contributed by atoms with Crippen LogP contribution in [0.1, 0.15) is 11.1 Å². The van der Waals surface area contributed by atoms with Crippen LogP contribution in [0.4, 0.5) is 11.4 Å². The third kappa shape index (κ3) is 3.29. The van der Waals surface area contributed by atoms with Crippen molar-refractivity contribution < 1.29 is 9.90 Å². The summed E-state index contributed by atoms with van der Waals surface area (Å²) in [7, 11) is 1.95. The average molecular weight is 270 g/mol. The number of anilines is 2. The molecule has 20 heavy (non-hydrogen) atoms. The minimum atomic E-state index is -0.820. The molecule has 2 rings (SSSR count). The predicted octanol–water partition coefficient (Wildman–Crippen LogP) is 2.53. The molecule has 3 N–H and O–H groups in total. The highest BCUT2D eigenvalue weighted by atomic mass is 16.4. The number of para-hydroxylation sites is 2. The Kier molecular flexibility index (Phi) is 4.25. The van der Waals surface area contributed by atoms with Gasteiger partial charge < -0.3 is 15.7 Å². The molecular weight excluding hydrogens is 252 g/mol. The normalized spacial score (nSPS) is 10.2. The second kappa shape index (κ2) is 6.10.